The average molecular weight is 339 g/mol. The fourth-order valence-corrected chi connectivity index (χ4v) is 6.70. The maximum Gasteiger partial charge on any atom is 0.0281 e. The minimum Gasteiger partial charge on any atom is -0.275 e. The normalized spacial score (nSPS) is 21.6. The van der Waals surface area contributed by atoms with Crippen molar-refractivity contribution in [2.45, 2.75) is 45.6 Å². The molecule has 2 aromatic rings. The van der Waals surface area contributed by atoms with Gasteiger partial charge in [0.15, 0.2) is 0 Å². The number of benzene rings is 2. The van der Waals surface area contributed by atoms with Crippen molar-refractivity contribution >= 4 is 18.7 Å². The minimum atomic E-state index is -0.453. The van der Waals surface area contributed by atoms with Crippen LogP contribution in [0, 0.1) is 11.8 Å². The van der Waals surface area contributed by atoms with Gasteiger partial charge in [0.2, 0.25) is 0 Å². The third-order valence-corrected chi connectivity index (χ3v) is 7.94. The smallest absolute Gasteiger partial charge is 0.0281 e. The second-order valence-corrected chi connectivity index (χ2v) is 9.60. The van der Waals surface area contributed by atoms with Gasteiger partial charge in [0.1, 0.15) is 0 Å². The van der Waals surface area contributed by atoms with Gasteiger partial charge in [-0.05, 0) is 42.3 Å². The van der Waals surface area contributed by atoms with Gasteiger partial charge in [-0.1, -0.05) is 87.4 Å². The molecule has 2 atom stereocenters. The summed E-state index contributed by atoms with van der Waals surface area (Å²) in [6.07, 6.45) is 5.52. The Labute approximate surface area is 148 Å². The van der Waals surface area contributed by atoms with E-state index in [1.54, 1.807) is 0 Å². The van der Waals surface area contributed by atoms with Crippen LogP contribution >= 0.6 is 8.07 Å². The van der Waals surface area contributed by atoms with Gasteiger partial charge in [0, 0.05) is 14.1 Å². The standard InChI is InChI=1S/C22H30NP/c1-18(2)21-16-10-11-17-22(21)23(3)24(19-12-6-4-7-13-19)20-14-8-5-9-15-20/h4-9,12-15,18,21-22H,10-11,16-17H2,1-3H3/t21-,22+/m1/s1. The molecule has 0 saturated heterocycles. The molecule has 0 unspecified atom stereocenters. The van der Waals surface area contributed by atoms with Crippen LogP contribution in [0.15, 0.2) is 60.7 Å². The van der Waals surface area contributed by atoms with Crippen molar-refractivity contribution < 1.29 is 0 Å². The molecule has 1 aliphatic carbocycles. The molecule has 1 saturated carbocycles. The van der Waals surface area contributed by atoms with Crippen LogP contribution in [0.1, 0.15) is 39.5 Å². The summed E-state index contributed by atoms with van der Waals surface area (Å²) >= 11 is 0. The van der Waals surface area contributed by atoms with E-state index in [1.165, 1.54) is 36.3 Å². The number of hydrogen-bond donors (Lipinski definition) is 0. The fraction of sp³-hybridized carbons (Fsp3) is 0.455. The van der Waals surface area contributed by atoms with E-state index in [0.29, 0.717) is 6.04 Å². The van der Waals surface area contributed by atoms with Crippen LogP contribution in [-0.4, -0.2) is 17.8 Å². The third-order valence-electron chi connectivity index (χ3n) is 5.43. The summed E-state index contributed by atoms with van der Waals surface area (Å²) in [5.41, 5.74) is 0. The van der Waals surface area contributed by atoms with Gasteiger partial charge in [-0.2, -0.15) is 0 Å². The van der Waals surface area contributed by atoms with Crippen LogP contribution in [-0.2, 0) is 0 Å². The highest BCUT2D eigenvalue weighted by Gasteiger charge is 2.34. The van der Waals surface area contributed by atoms with Crippen molar-refractivity contribution in [2.75, 3.05) is 7.05 Å². The van der Waals surface area contributed by atoms with Crippen LogP contribution in [0.4, 0.5) is 0 Å². The van der Waals surface area contributed by atoms with Gasteiger partial charge in [-0.25, -0.2) is 0 Å². The van der Waals surface area contributed by atoms with Gasteiger partial charge in [0.25, 0.3) is 0 Å². The van der Waals surface area contributed by atoms with E-state index in [9.17, 15) is 0 Å². The molecule has 0 amide bonds. The summed E-state index contributed by atoms with van der Waals surface area (Å²) in [6.45, 7) is 4.81. The van der Waals surface area contributed by atoms with Crippen molar-refractivity contribution in [3.05, 3.63) is 60.7 Å². The van der Waals surface area contributed by atoms with Gasteiger partial charge < -0.3 is 0 Å². The lowest BCUT2D eigenvalue weighted by molar-refractivity contribution is 0.162. The Morgan fingerprint density at radius 2 is 1.33 bits per heavy atom. The molecule has 0 spiro atoms. The van der Waals surface area contributed by atoms with Crippen molar-refractivity contribution in [1.82, 2.24) is 4.67 Å². The molecule has 1 fully saturated rings. The van der Waals surface area contributed by atoms with Crippen molar-refractivity contribution in [1.29, 1.82) is 0 Å². The summed E-state index contributed by atoms with van der Waals surface area (Å²) < 4.78 is 2.73. The third kappa shape index (κ3) is 3.90. The van der Waals surface area contributed by atoms with Gasteiger partial charge in [-0.3, -0.25) is 4.67 Å². The highest BCUT2D eigenvalue weighted by molar-refractivity contribution is 7.70. The summed E-state index contributed by atoms with van der Waals surface area (Å²) in [7, 11) is 1.92. The van der Waals surface area contributed by atoms with Crippen LogP contribution in [0.25, 0.3) is 0 Å². The molecule has 0 radical (unpaired) electrons. The van der Waals surface area contributed by atoms with Gasteiger partial charge in [-0.15, -0.1) is 0 Å². The molecule has 2 heteroatoms. The van der Waals surface area contributed by atoms with E-state index in [0.717, 1.165) is 11.8 Å². The molecule has 128 valence electrons. The minimum absolute atomic E-state index is 0.453. The second-order valence-electron chi connectivity index (χ2n) is 7.32. The van der Waals surface area contributed by atoms with Crippen molar-refractivity contribution in [3.8, 4) is 0 Å². The lowest BCUT2D eigenvalue weighted by atomic mass is 9.78. The summed E-state index contributed by atoms with van der Waals surface area (Å²) in [4.78, 5) is 0. The second kappa shape index (κ2) is 8.28. The van der Waals surface area contributed by atoms with Crippen LogP contribution in [0.5, 0.6) is 0 Å². The van der Waals surface area contributed by atoms with Gasteiger partial charge in [0.05, 0.1) is 0 Å². The highest BCUT2D eigenvalue weighted by Crippen LogP contribution is 2.44. The quantitative estimate of drug-likeness (QED) is 0.678. The zero-order valence-corrected chi connectivity index (χ0v) is 16.1. The Morgan fingerprint density at radius 1 is 0.833 bits per heavy atom. The molecule has 0 aromatic heterocycles. The molecular formula is C22H30NP. The first-order valence-corrected chi connectivity index (χ1v) is 10.6. The van der Waals surface area contributed by atoms with Crippen LogP contribution in [0.3, 0.4) is 0 Å². The van der Waals surface area contributed by atoms with E-state index in [4.69, 9.17) is 0 Å². The number of hydrogen-bond acceptors (Lipinski definition) is 1. The van der Waals surface area contributed by atoms with Crippen molar-refractivity contribution in [2.24, 2.45) is 11.8 Å². The topological polar surface area (TPSA) is 3.24 Å². The van der Waals surface area contributed by atoms with Crippen LogP contribution < -0.4 is 10.6 Å². The molecule has 0 heterocycles. The number of rotatable bonds is 5. The molecule has 0 bridgehead atoms. The highest BCUT2D eigenvalue weighted by atomic mass is 31.1. The molecule has 2 aromatic carbocycles. The fourth-order valence-electron chi connectivity index (χ4n) is 4.18. The Bertz CT molecular complexity index is 571. The Morgan fingerprint density at radius 3 is 1.83 bits per heavy atom. The maximum absolute atomic E-state index is 2.73. The van der Waals surface area contributed by atoms with E-state index in [-0.39, 0.29) is 0 Å². The SMILES string of the molecule is CC(C)[C@H]1CCCC[C@@H]1N(C)P(c1ccccc1)c1ccccc1. The van der Waals surface area contributed by atoms with Crippen LogP contribution in [0.2, 0.25) is 0 Å². The van der Waals surface area contributed by atoms with E-state index in [1.807, 2.05) is 0 Å². The Kier molecular flexibility index (Phi) is 6.09. The lowest BCUT2D eigenvalue weighted by Crippen LogP contribution is -2.42. The van der Waals surface area contributed by atoms with E-state index >= 15 is 0 Å². The molecular weight excluding hydrogens is 309 g/mol. The summed E-state index contributed by atoms with van der Waals surface area (Å²) in [5, 5.41) is 2.93. The predicted molar refractivity (Wildman–Crippen MR) is 107 cm³/mol. The molecule has 24 heavy (non-hydrogen) atoms. The largest absolute Gasteiger partial charge is 0.275 e. The number of nitrogens with zero attached hydrogens (tertiary/aromatic N) is 1. The first kappa shape index (κ1) is 17.6. The zero-order valence-electron chi connectivity index (χ0n) is 15.2. The molecule has 1 aliphatic rings. The lowest BCUT2D eigenvalue weighted by Gasteiger charge is -2.43. The first-order valence-electron chi connectivity index (χ1n) is 9.31. The van der Waals surface area contributed by atoms with Gasteiger partial charge >= 0.3 is 0 Å². The molecule has 3 rings (SSSR count). The maximum atomic E-state index is 2.73. The molecule has 1 nitrogen and oxygen atoms in total. The monoisotopic (exact) mass is 339 g/mol. The zero-order chi connectivity index (χ0) is 16.9. The first-order chi connectivity index (χ1) is 11.7. The average Bonchev–Trinajstić information content (AvgIpc) is 2.63. The van der Waals surface area contributed by atoms with E-state index < -0.39 is 8.07 Å². The molecule has 0 aliphatic heterocycles. The van der Waals surface area contributed by atoms with Crippen molar-refractivity contribution in [3.63, 3.8) is 0 Å². The summed E-state index contributed by atoms with van der Waals surface area (Å²) in [6, 6.07) is 22.9. The van der Waals surface area contributed by atoms with E-state index in [2.05, 4.69) is 86.2 Å². The predicted octanol–water partition coefficient (Wildman–Crippen LogP) is 5.18. The molecule has 0 N–H and O–H groups in total. The summed E-state index contributed by atoms with van der Waals surface area (Å²) in [5.74, 6) is 1.59. The Balaban J connectivity index is 1.95. The Hall–Kier alpha value is -1.17.